The molecule has 0 saturated heterocycles. The lowest BCUT2D eigenvalue weighted by atomic mass is 9.36. The van der Waals surface area contributed by atoms with E-state index in [9.17, 15) is 0 Å². The van der Waals surface area contributed by atoms with Crippen molar-refractivity contribution in [1.29, 1.82) is 0 Å². The summed E-state index contributed by atoms with van der Waals surface area (Å²) in [6, 6.07) is 8.03. The maximum absolute atomic E-state index is 4.76. The van der Waals surface area contributed by atoms with Gasteiger partial charge in [-0.2, -0.15) is 5.10 Å². The van der Waals surface area contributed by atoms with Gasteiger partial charge in [0, 0.05) is 5.71 Å². The zero-order valence-electron chi connectivity index (χ0n) is 13.3. The van der Waals surface area contributed by atoms with Gasteiger partial charge in [0.25, 0.3) is 0 Å². The topological polar surface area (TPSA) is 43.1 Å². The number of hydrogen-bond acceptors (Lipinski definition) is 3. The van der Waals surface area contributed by atoms with Crippen molar-refractivity contribution in [3.63, 3.8) is 0 Å². The van der Waals surface area contributed by atoms with Crippen LogP contribution < -0.4 is 0 Å². The van der Waals surface area contributed by atoms with Crippen LogP contribution in [0.25, 0.3) is 11.0 Å². The van der Waals surface area contributed by atoms with Crippen molar-refractivity contribution in [1.82, 2.24) is 15.1 Å². The van der Waals surface area contributed by atoms with Gasteiger partial charge in [0.1, 0.15) is 11.0 Å². The van der Waals surface area contributed by atoms with E-state index in [1.165, 1.54) is 37.8 Å². The Balaban J connectivity index is 1.41. The van der Waals surface area contributed by atoms with Gasteiger partial charge in [0.05, 0.1) is 0 Å². The highest BCUT2D eigenvalue weighted by atomic mass is 15.6. The minimum atomic E-state index is 0.549. The van der Waals surface area contributed by atoms with E-state index in [0.717, 1.165) is 22.9 Å². The van der Waals surface area contributed by atoms with Crippen LogP contribution in [0.15, 0.2) is 29.4 Å². The van der Waals surface area contributed by atoms with Crippen molar-refractivity contribution in [2.45, 2.75) is 46.0 Å². The van der Waals surface area contributed by atoms with Crippen molar-refractivity contribution in [3.05, 3.63) is 24.3 Å². The molecule has 4 heteroatoms. The average Bonchev–Trinajstić information content (AvgIpc) is 2.89. The van der Waals surface area contributed by atoms with Crippen LogP contribution in [0.2, 0.25) is 0 Å². The summed E-state index contributed by atoms with van der Waals surface area (Å²) in [4.78, 5) is 1.72. The van der Waals surface area contributed by atoms with Gasteiger partial charge in [0.15, 0.2) is 0 Å². The molecule has 114 valence electrons. The monoisotopic (exact) mass is 294 g/mol. The molecule has 4 fully saturated rings. The van der Waals surface area contributed by atoms with Gasteiger partial charge in [-0.25, -0.2) is 0 Å². The lowest BCUT2D eigenvalue weighted by Crippen LogP contribution is -2.62. The summed E-state index contributed by atoms with van der Waals surface area (Å²) in [7, 11) is 0. The Morgan fingerprint density at radius 1 is 1.23 bits per heavy atom. The van der Waals surface area contributed by atoms with Crippen LogP contribution in [0.3, 0.4) is 0 Å². The largest absolute Gasteiger partial charge is 0.158 e. The van der Waals surface area contributed by atoms with Crippen LogP contribution in [-0.4, -0.2) is 20.8 Å². The first-order chi connectivity index (χ1) is 10.6. The number of nitrogens with zero attached hydrogens (tertiary/aromatic N) is 4. The Kier molecular flexibility index (Phi) is 2.31. The fraction of sp³-hybridized carbons (Fsp3) is 0.611. The molecule has 1 spiro atoms. The molecular weight excluding hydrogens is 272 g/mol. The number of benzene rings is 1. The summed E-state index contributed by atoms with van der Waals surface area (Å²) in [5, 5.41) is 13.1. The van der Waals surface area contributed by atoms with Crippen molar-refractivity contribution >= 4 is 16.7 Å². The predicted octanol–water partition coefficient (Wildman–Crippen LogP) is 3.87. The highest BCUT2D eigenvalue weighted by Gasteiger charge is 2.63. The van der Waals surface area contributed by atoms with E-state index in [2.05, 4.69) is 24.2 Å². The van der Waals surface area contributed by atoms with Gasteiger partial charge in [-0.15, -0.1) is 9.89 Å². The van der Waals surface area contributed by atoms with E-state index in [-0.39, 0.29) is 0 Å². The van der Waals surface area contributed by atoms with Crippen molar-refractivity contribution in [3.8, 4) is 0 Å². The average molecular weight is 294 g/mol. The van der Waals surface area contributed by atoms with E-state index in [1.807, 2.05) is 24.3 Å². The summed E-state index contributed by atoms with van der Waals surface area (Å²) in [6.07, 6.45) is 6.61. The Morgan fingerprint density at radius 2 is 2.05 bits per heavy atom. The van der Waals surface area contributed by atoms with Crippen molar-refractivity contribution in [2.75, 3.05) is 0 Å². The summed E-state index contributed by atoms with van der Waals surface area (Å²) in [6.45, 7) is 4.96. The van der Waals surface area contributed by atoms with E-state index in [1.54, 1.807) is 4.79 Å². The third-order valence-electron chi connectivity index (χ3n) is 6.88. The van der Waals surface area contributed by atoms with Crippen LogP contribution in [0.4, 0.5) is 0 Å². The molecule has 0 aliphatic heterocycles. The second kappa shape index (κ2) is 3.98. The van der Waals surface area contributed by atoms with Gasteiger partial charge in [-0.05, 0) is 72.1 Å². The molecule has 1 aromatic heterocycles. The van der Waals surface area contributed by atoms with Crippen molar-refractivity contribution < 1.29 is 0 Å². The lowest BCUT2D eigenvalue weighted by Gasteiger charge is -2.68. The molecule has 6 rings (SSSR count). The van der Waals surface area contributed by atoms with Crippen LogP contribution in [0.1, 0.15) is 46.0 Å². The standard InChI is InChI=1S/C18H22N4/c1-17(2)12-7-8-18(16(17)9-12)10-13(11-18)20-22-15-6-4-3-5-14(15)19-21-22/h3-6,12,16H,7-11H2,1-2H3/t12-,16+,18?/m0/s1. The summed E-state index contributed by atoms with van der Waals surface area (Å²) >= 11 is 0. The Bertz CT molecular complexity index is 775. The SMILES string of the molecule is CC1(C)[C@H]2CCC3(CC(=Nn4nnc5ccccc54)C3)[C@@H]1C2. The lowest BCUT2D eigenvalue weighted by molar-refractivity contribution is -0.161. The van der Waals surface area contributed by atoms with Gasteiger partial charge in [0.2, 0.25) is 0 Å². The number of hydrogen-bond donors (Lipinski definition) is 0. The molecule has 22 heavy (non-hydrogen) atoms. The zero-order chi connectivity index (χ0) is 14.9. The number of aromatic nitrogens is 3. The zero-order valence-corrected chi connectivity index (χ0v) is 13.3. The van der Waals surface area contributed by atoms with Gasteiger partial charge >= 0.3 is 0 Å². The third kappa shape index (κ3) is 1.50. The molecule has 0 radical (unpaired) electrons. The molecule has 2 aromatic rings. The highest BCUT2D eigenvalue weighted by Crippen LogP contribution is 2.70. The summed E-state index contributed by atoms with van der Waals surface area (Å²) < 4.78 is 0. The molecular formula is C18H22N4. The summed E-state index contributed by atoms with van der Waals surface area (Å²) in [5.41, 5.74) is 4.33. The normalized spacial score (nSPS) is 35.3. The second-order valence-corrected chi connectivity index (χ2v) is 8.20. The fourth-order valence-corrected chi connectivity index (χ4v) is 5.50. The smallest absolute Gasteiger partial charge is 0.115 e. The van der Waals surface area contributed by atoms with Gasteiger partial charge in [-0.1, -0.05) is 26.0 Å². The molecule has 1 aromatic carbocycles. The molecule has 2 bridgehead atoms. The van der Waals surface area contributed by atoms with Crippen LogP contribution in [0, 0.1) is 22.7 Å². The van der Waals surface area contributed by atoms with E-state index in [4.69, 9.17) is 5.10 Å². The van der Waals surface area contributed by atoms with Gasteiger partial charge < -0.3 is 0 Å². The molecule has 0 unspecified atom stereocenters. The van der Waals surface area contributed by atoms with E-state index in [0.29, 0.717) is 10.8 Å². The Hall–Kier alpha value is -1.71. The second-order valence-electron chi connectivity index (χ2n) is 8.20. The maximum Gasteiger partial charge on any atom is 0.115 e. The van der Waals surface area contributed by atoms with E-state index >= 15 is 0 Å². The first-order valence-electron chi connectivity index (χ1n) is 8.46. The maximum atomic E-state index is 4.76. The third-order valence-corrected chi connectivity index (χ3v) is 6.88. The molecule has 4 saturated carbocycles. The number of para-hydroxylation sites is 1. The number of fused-ring (bicyclic) bond motifs is 2. The minimum absolute atomic E-state index is 0.549. The molecule has 4 aliphatic carbocycles. The van der Waals surface area contributed by atoms with Crippen LogP contribution in [0.5, 0.6) is 0 Å². The highest BCUT2D eigenvalue weighted by molar-refractivity contribution is 5.92. The summed E-state index contributed by atoms with van der Waals surface area (Å²) in [5.74, 6) is 1.88. The van der Waals surface area contributed by atoms with Crippen molar-refractivity contribution in [2.24, 2.45) is 27.8 Å². The quantitative estimate of drug-likeness (QED) is 0.801. The predicted molar refractivity (Wildman–Crippen MR) is 86.6 cm³/mol. The molecule has 2 atom stereocenters. The number of rotatable bonds is 1. The molecule has 4 aliphatic rings. The van der Waals surface area contributed by atoms with Gasteiger partial charge in [-0.3, -0.25) is 0 Å². The molecule has 1 heterocycles. The van der Waals surface area contributed by atoms with Crippen LogP contribution >= 0.6 is 0 Å². The minimum Gasteiger partial charge on any atom is -0.158 e. The first-order valence-corrected chi connectivity index (χ1v) is 8.46. The molecule has 4 nitrogen and oxygen atoms in total. The fourth-order valence-electron chi connectivity index (χ4n) is 5.50. The molecule has 0 N–H and O–H groups in total. The molecule has 0 amide bonds. The Morgan fingerprint density at radius 3 is 2.82 bits per heavy atom. The van der Waals surface area contributed by atoms with Crippen LogP contribution in [-0.2, 0) is 0 Å². The first kappa shape index (κ1) is 12.8. The Labute approximate surface area is 130 Å². The van der Waals surface area contributed by atoms with E-state index < -0.39 is 0 Å².